The summed E-state index contributed by atoms with van der Waals surface area (Å²) in [6, 6.07) is 6.57. The topological polar surface area (TPSA) is 38.0 Å². The van der Waals surface area contributed by atoms with Crippen molar-refractivity contribution in [2.45, 2.75) is 19.4 Å². The maximum absolute atomic E-state index is 13.2. The summed E-state index contributed by atoms with van der Waals surface area (Å²) < 4.78 is 13.2. The first-order chi connectivity index (χ1) is 6.59. The summed E-state index contributed by atoms with van der Waals surface area (Å²) >= 11 is 4.76. The standard InChI is InChI=1S/C10H13FN2S/c1-7(6-10(12)14)13-9-5-3-2-4-8(9)11/h2-5,7,13H,6H2,1H3,(H2,12,14). The molecule has 0 aliphatic rings. The summed E-state index contributed by atoms with van der Waals surface area (Å²) in [4.78, 5) is 0.432. The number of nitrogens with one attached hydrogen (secondary N) is 1. The van der Waals surface area contributed by atoms with Crippen molar-refractivity contribution in [1.82, 2.24) is 0 Å². The molecule has 0 saturated carbocycles. The van der Waals surface area contributed by atoms with E-state index >= 15 is 0 Å². The molecule has 0 aromatic heterocycles. The second-order valence-corrected chi connectivity index (χ2v) is 3.72. The van der Waals surface area contributed by atoms with Crippen molar-refractivity contribution < 1.29 is 4.39 Å². The van der Waals surface area contributed by atoms with Crippen molar-refractivity contribution in [3.05, 3.63) is 30.1 Å². The van der Waals surface area contributed by atoms with Crippen molar-refractivity contribution in [2.75, 3.05) is 5.32 Å². The van der Waals surface area contributed by atoms with E-state index in [1.165, 1.54) is 6.07 Å². The van der Waals surface area contributed by atoms with Crippen LogP contribution in [0.2, 0.25) is 0 Å². The highest BCUT2D eigenvalue weighted by Crippen LogP contribution is 2.14. The molecule has 76 valence electrons. The molecule has 1 aromatic carbocycles. The van der Waals surface area contributed by atoms with E-state index < -0.39 is 0 Å². The number of anilines is 1. The van der Waals surface area contributed by atoms with Crippen LogP contribution in [0.15, 0.2) is 24.3 Å². The van der Waals surface area contributed by atoms with Crippen molar-refractivity contribution in [3.8, 4) is 0 Å². The van der Waals surface area contributed by atoms with Gasteiger partial charge in [0, 0.05) is 12.5 Å². The molecule has 14 heavy (non-hydrogen) atoms. The Morgan fingerprint density at radius 1 is 1.57 bits per heavy atom. The minimum Gasteiger partial charge on any atom is -0.393 e. The van der Waals surface area contributed by atoms with Crippen LogP contribution >= 0.6 is 12.2 Å². The molecule has 1 atom stereocenters. The van der Waals surface area contributed by atoms with Gasteiger partial charge < -0.3 is 11.1 Å². The smallest absolute Gasteiger partial charge is 0.146 e. The summed E-state index contributed by atoms with van der Waals surface area (Å²) in [5.74, 6) is -0.262. The molecule has 0 fully saturated rings. The maximum atomic E-state index is 13.2. The van der Waals surface area contributed by atoms with E-state index in [0.29, 0.717) is 17.1 Å². The van der Waals surface area contributed by atoms with Gasteiger partial charge in [0.15, 0.2) is 0 Å². The van der Waals surface area contributed by atoms with E-state index in [4.69, 9.17) is 18.0 Å². The van der Waals surface area contributed by atoms with Crippen molar-refractivity contribution >= 4 is 22.9 Å². The van der Waals surface area contributed by atoms with Gasteiger partial charge in [-0.2, -0.15) is 0 Å². The quantitative estimate of drug-likeness (QED) is 0.752. The van der Waals surface area contributed by atoms with Crippen LogP contribution in [0, 0.1) is 5.82 Å². The SMILES string of the molecule is CC(CC(N)=S)Nc1ccccc1F. The number of nitrogens with two attached hydrogens (primary N) is 1. The number of thiocarbonyl (C=S) groups is 1. The van der Waals surface area contributed by atoms with E-state index in [2.05, 4.69) is 5.32 Å². The molecule has 1 rings (SSSR count). The Labute approximate surface area is 88.3 Å². The van der Waals surface area contributed by atoms with Crippen LogP contribution < -0.4 is 11.1 Å². The number of halogens is 1. The minimum absolute atomic E-state index is 0.0457. The second kappa shape index (κ2) is 4.91. The fourth-order valence-electron chi connectivity index (χ4n) is 1.20. The van der Waals surface area contributed by atoms with Gasteiger partial charge in [-0.3, -0.25) is 0 Å². The molecule has 0 saturated heterocycles. The lowest BCUT2D eigenvalue weighted by atomic mass is 10.2. The molecule has 0 aliphatic heterocycles. The summed E-state index contributed by atoms with van der Waals surface area (Å²) in [6.07, 6.45) is 0.559. The number of hydrogen-bond donors (Lipinski definition) is 2. The summed E-state index contributed by atoms with van der Waals surface area (Å²) in [7, 11) is 0. The fraction of sp³-hybridized carbons (Fsp3) is 0.300. The number of hydrogen-bond acceptors (Lipinski definition) is 2. The zero-order valence-electron chi connectivity index (χ0n) is 7.96. The van der Waals surface area contributed by atoms with Crippen LogP contribution in [0.5, 0.6) is 0 Å². The summed E-state index contributed by atoms with van der Waals surface area (Å²) in [5, 5.41) is 3.00. The van der Waals surface area contributed by atoms with Crippen LogP contribution in [0.25, 0.3) is 0 Å². The Morgan fingerprint density at radius 2 is 2.21 bits per heavy atom. The van der Waals surface area contributed by atoms with Gasteiger partial charge in [0.1, 0.15) is 5.82 Å². The van der Waals surface area contributed by atoms with E-state index in [0.717, 1.165) is 0 Å². The van der Waals surface area contributed by atoms with E-state index in [1.54, 1.807) is 18.2 Å². The Hall–Kier alpha value is -1.16. The Bertz CT molecular complexity index is 328. The van der Waals surface area contributed by atoms with Crippen LogP contribution in [0.1, 0.15) is 13.3 Å². The number of para-hydroxylation sites is 1. The highest BCUT2D eigenvalue weighted by Gasteiger charge is 2.06. The molecular weight excluding hydrogens is 199 g/mol. The van der Waals surface area contributed by atoms with Gasteiger partial charge >= 0.3 is 0 Å². The third-order valence-corrected chi connectivity index (χ3v) is 1.95. The van der Waals surface area contributed by atoms with Crippen LogP contribution in [0.3, 0.4) is 0 Å². The molecule has 0 aliphatic carbocycles. The van der Waals surface area contributed by atoms with Gasteiger partial charge in [-0.25, -0.2) is 4.39 Å². The number of benzene rings is 1. The lowest BCUT2D eigenvalue weighted by Crippen LogP contribution is -2.23. The molecule has 0 amide bonds. The summed E-state index contributed by atoms with van der Waals surface area (Å²) in [5.41, 5.74) is 5.87. The van der Waals surface area contributed by atoms with Gasteiger partial charge in [0.25, 0.3) is 0 Å². The summed E-state index contributed by atoms with van der Waals surface area (Å²) in [6.45, 7) is 1.91. The monoisotopic (exact) mass is 212 g/mol. The third-order valence-electron chi connectivity index (χ3n) is 1.78. The fourth-order valence-corrected chi connectivity index (χ4v) is 1.45. The van der Waals surface area contributed by atoms with Crippen molar-refractivity contribution in [2.24, 2.45) is 5.73 Å². The molecule has 3 N–H and O–H groups in total. The third kappa shape index (κ3) is 3.30. The van der Waals surface area contributed by atoms with Crippen LogP contribution in [-0.4, -0.2) is 11.0 Å². The van der Waals surface area contributed by atoms with Crippen molar-refractivity contribution in [3.63, 3.8) is 0 Å². The Balaban J connectivity index is 2.60. The van der Waals surface area contributed by atoms with Crippen molar-refractivity contribution in [1.29, 1.82) is 0 Å². The molecule has 1 aromatic rings. The second-order valence-electron chi connectivity index (χ2n) is 3.20. The average Bonchev–Trinajstić information content (AvgIpc) is 2.07. The maximum Gasteiger partial charge on any atom is 0.146 e. The van der Waals surface area contributed by atoms with Gasteiger partial charge in [-0.15, -0.1) is 0 Å². The lowest BCUT2D eigenvalue weighted by molar-refractivity contribution is 0.627. The van der Waals surface area contributed by atoms with E-state index in [1.807, 2.05) is 6.92 Å². The largest absolute Gasteiger partial charge is 0.393 e. The Morgan fingerprint density at radius 3 is 2.79 bits per heavy atom. The predicted molar refractivity (Wildman–Crippen MR) is 60.9 cm³/mol. The van der Waals surface area contributed by atoms with Gasteiger partial charge in [0.2, 0.25) is 0 Å². The zero-order valence-corrected chi connectivity index (χ0v) is 8.77. The van der Waals surface area contributed by atoms with Gasteiger partial charge in [-0.05, 0) is 19.1 Å². The lowest BCUT2D eigenvalue weighted by Gasteiger charge is -2.14. The normalized spacial score (nSPS) is 12.1. The van der Waals surface area contributed by atoms with Gasteiger partial charge in [0.05, 0.1) is 10.7 Å². The number of rotatable bonds is 4. The molecule has 0 radical (unpaired) electrons. The van der Waals surface area contributed by atoms with Crippen LogP contribution in [-0.2, 0) is 0 Å². The predicted octanol–water partition coefficient (Wildman–Crippen LogP) is 2.30. The first kappa shape index (κ1) is 10.9. The first-order valence-corrected chi connectivity index (χ1v) is 4.80. The first-order valence-electron chi connectivity index (χ1n) is 4.39. The molecule has 0 heterocycles. The molecule has 1 unspecified atom stereocenters. The van der Waals surface area contributed by atoms with E-state index in [9.17, 15) is 4.39 Å². The average molecular weight is 212 g/mol. The molecule has 0 bridgehead atoms. The van der Waals surface area contributed by atoms with Crippen LogP contribution in [0.4, 0.5) is 10.1 Å². The molecule has 4 heteroatoms. The zero-order chi connectivity index (χ0) is 10.6. The molecule has 2 nitrogen and oxygen atoms in total. The van der Waals surface area contributed by atoms with Gasteiger partial charge in [-0.1, -0.05) is 24.4 Å². The van der Waals surface area contributed by atoms with E-state index in [-0.39, 0.29) is 11.9 Å². The minimum atomic E-state index is -0.262. The highest BCUT2D eigenvalue weighted by molar-refractivity contribution is 7.80. The molecule has 0 spiro atoms. The highest BCUT2D eigenvalue weighted by atomic mass is 32.1. The molecular formula is C10H13FN2S. The Kier molecular flexibility index (Phi) is 3.83.